The van der Waals surface area contributed by atoms with Gasteiger partial charge in [0.15, 0.2) is 5.11 Å². The molecule has 25 heavy (non-hydrogen) atoms. The minimum atomic E-state index is -0.148. The molecule has 0 unspecified atom stereocenters. The Morgan fingerprint density at radius 1 is 1.24 bits per heavy atom. The van der Waals surface area contributed by atoms with Crippen LogP contribution in [0.2, 0.25) is 5.02 Å². The summed E-state index contributed by atoms with van der Waals surface area (Å²) in [6, 6.07) is 13.5. The number of anilines is 1. The molecular formula is C17H17BrClN3OS2. The summed E-state index contributed by atoms with van der Waals surface area (Å²) in [5.74, 6) is 0.977. The first kappa shape index (κ1) is 20.0. The number of amides is 1. The second-order valence-electron chi connectivity index (χ2n) is 5.17. The van der Waals surface area contributed by atoms with E-state index >= 15 is 0 Å². The number of nitrogens with one attached hydrogen (secondary N) is 3. The van der Waals surface area contributed by atoms with Gasteiger partial charge in [0, 0.05) is 10.2 Å². The first-order valence-electron chi connectivity index (χ1n) is 7.39. The Balaban J connectivity index is 1.70. The molecule has 0 spiro atoms. The number of thiocarbonyl (C=S) groups is 1. The van der Waals surface area contributed by atoms with Gasteiger partial charge in [-0.05, 0) is 48.5 Å². The lowest BCUT2D eigenvalue weighted by molar-refractivity contribution is -0.119. The van der Waals surface area contributed by atoms with Gasteiger partial charge in [-0.15, -0.1) is 11.8 Å². The van der Waals surface area contributed by atoms with Crippen molar-refractivity contribution in [1.82, 2.24) is 10.9 Å². The molecule has 0 saturated carbocycles. The highest BCUT2D eigenvalue weighted by atomic mass is 79.9. The molecule has 1 amide bonds. The number of carbonyl (C=O) groups is 1. The van der Waals surface area contributed by atoms with Crippen LogP contribution in [-0.4, -0.2) is 16.8 Å². The van der Waals surface area contributed by atoms with Crippen LogP contribution >= 0.6 is 51.5 Å². The highest BCUT2D eigenvalue weighted by Crippen LogP contribution is 2.25. The largest absolute Gasteiger partial charge is 0.330 e. The number of hydrogen-bond donors (Lipinski definition) is 3. The van der Waals surface area contributed by atoms with E-state index in [4.69, 9.17) is 23.8 Å². The Morgan fingerprint density at radius 2 is 2.00 bits per heavy atom. The molecule has 2 aromatic carbocycles. The van der Waals surface area contributed by atoms with Gasteiger partial charge in [0.1, 0.15) is 0 Å². The van der Waals surface area contributed by atoms with Crippen LogP contribution < -0.4 is 16.2 Å². The Kier molecular flexibility index (Phi) is 8.02. The van der Waals surface area contributed by atoms with Crippen LogP contribution in [0.3, 0.4) is 0 Å². The highest BCUT2D eigenvalue weighted by molar-refractivity contribution is 9.10. The quantitative estimate of drug-likeness (QED) is 0.449. The van der Waals surface area contributed by atoms with Gasteiger partial charge in [0.25, 0.3) is 0 Å². The van der Waals surface area contributed by atoms with Crippen LogP contribution in [-0.2, 0) is 10.5 Å². The summed E-state index contributed by atoms with van der Waals surface area (Å²) in [6.45, 7) is 2.06. The van der Waals surface area contributed by atoms with E-state index in [1.807, 2.05) is 18.2 Å². The summed E-state index contributed by atoms with van der Waals surface area (Å²) in [6.07, 6.45) is 0. The molecule has 0 atom stereocenters. The summed E-state index contributed by atoms with van der Waals surface area (Å²) in [7, 11) is 0. The Bertz CT molecular complexity index is 773. The lowest BCUT2D eigenvalue weighted by Gasteiger charge is -2.13. The zero-order valence-corrected chi connectivity index (χ0v) is 17.4. The highest BCUT2D eigenvalue weighted by Gasteiger charge is 2.06. The van der Waals surface area contributed by atoms with Gasteiger partial charge in [-0.25, -0.2) is 0 Å². The summed E-state index contributed by atoms with van der Waals surface area (Å²) < 4.78 is 0.876. The molecule has 2 rings (SSSR count). The number of hydrazine groups is 1. The zero-order chi connectivity index (χ0) is 18.2. The van der Waals surface area contributed by atoms with Crippen LogP contribution in [0.25, 0.3) is 0 Å². The molecule has 2 aromatic rings. The fourth-order valence-electron chi connectivity index (χ4n) is 1.93. The number of carbonyl (C=O) groups excluding carboxylic acids is 1. The van der Waals surface area contributed by atoms with E-state index in [1.165, 1.54) is 11.1 Å². The van der Waals surface area contributed by atoms with Crippen LogP contribution in [0, 0.1) is 6.92 Å². The van der Waals surface area contributed by atoms with Crippen molar-refractivity contribution in [2.45, 2.75) is 12.7 Å². The van der Waals surface area contributed by atoms with Gasteiger partial charge < -0.3 is 5.32 Å². The Morgan fingerprint density at radius 3 is 2.72 bits per heavy atom. The smallest absolute Gasteiger partial charge is 0.248 e. The first-order chi connectivity index (χ1) is 12.0. The number of benzene rings is 2. The average Bonchev–Trinajstić information content (AvgIpc) is 2.57. The van der Waals surface area contributed by atoms with Gasteiger partial charge >= 0.3 is 0 Å². The van der Waals surface area contributed by atoms with E-state index in [0.29, 0.717) is 16.5 Å². The van der Waals surface area contributed by atoms with E-state index in [1.54, 1.807) is 23.9 Å². The third-order valence-electron chi connectivity index (χ3n) is 3.25. The number of hydrogen-bond acceptors (Lipinski definition) is 3. The summed E-state index contributed by atoms with van der Waals surface area (Å²) >= 11 is 16.1. The molecule has 8 heteroatoms. The minimum absolute atomic E-state index is 0.148. The molecule has 0 bridgehead atoms. The number of halogens is 2. The second kappa shape index (κ2) is 10.0. The van der Waals surface area contributed by atoms with Gasteiger partial charge in [-0.1, -0.05) is 51.8 Å². The Hall–Kier alpha value is -1.28. The second-order valence-corrected chi connectivity index (χ2v) is 7.89. The molecule has 3 N–H and O–H groups in total. The van der Waals surface area contributed by atoms with Crippen molar-refractivity contribution in [2.24, 2.45) is 0 Å². The standard InChI is InChI=1S/C17H17BrClN3OS2/c1-11-4-2-3-5-12(11)9-25-10-16(23)21-22-17(24)20-15-7-6-13(18)8-14(15)19/h2-8H,9-10H2,1H3,(H,21,23)(H2,20,22,24). The molecule has 0 radical (unpaired) electrons. The van der Waals surface area contributed by atoms with Crippen molar-refractivity contribution in [3.8, 4) is 0 Å². The van der Waals surface area contributed by atoms with Gasteiger partial charge in [0.2, 0.25) is 5.91 Å². The van der Waals surface area contributed by atoms with Gasteiger partial charge in [-0.2, -0.15) is 0 Å². The van der Waals surface area contributed by atoms with Gasteiger partial charge in [0.05, 0.1) is 16.5 Å². The molecule has 0 aliphatic carbocycles. The molecule has 0 saturated heterocycles. The van der Waals surface area contributed by atoms with E-state index < -0.39 is 0 Å². The monoisotopic (exact) mass is 457 g/mol. The van der Waals surface area contributed by atoms with Crippen molar-refractivity contribution < 1.29 is 4.79 Å². The maximum atomic E-state index is 11.9. The number of rotatable bonds is 5. The normalized spacial score (nSPS) is 10.2. The van der Waals surface area contributed by atoms with Crippen molar-refractivity contribution in [2.75, 3.05) is 11.1 Å². The summed E-state index contributed by atoms with van der Waals surface area (Å²) in [5, 5.41) is 3.72. The Labute approximate surface area is 170 Å². The van der Waals surface area contributed by atoms with E-state index in [2.05, 4.69) is 51.2 Å². The summed E-state index contributed by atoms with van der Waals surface area (Å²) in [5.41, 5.74) is 8.36. The van der Waals surface area contributed by atoms with Crippen molar-refractivity contribution in [3.63, 3.8) is 0 Å². The average molecular weight is 459 g/mol. The van der Waals surface area contributed by atoms with Crippen LogP contribution in [0.4, 0.5) is 5.69 Å². The fraction of sp³-hybridized carbons (Fsp3) is 0.176. The zero-order valence-electron chi connectivity index (χ0n) is 13.4. The number of aryl methyl sites for hydroxylation is 1. The van der Waals surface area contributed by atoms with Crippen LogP contribution in [0.5, 0.6) is 0 Å². The third kappa shape index (κ3) is 6.86. The maximum absolute atomic E-state index is 11.9. The van der Waals surface area contributed by atoms with E-state index in [0.717, 1.165) is 10.2 Å². The molecule has 0 aliphatic rings. The number of thioether (sulfide) groups is 1. The van der Waals surface area contributed by atoms with Crippen LogP contribution in [0.15, 0.2) is 46.9 Å². The van der Waals surface area contributed by atoms with Crippen LogP contribution in [0.1, 0.15) is 11.1 Å². The fourth-order valence-corrected chi connectivity index (χ4v) is 3.72. The first-order valence-corrected chi connectivity index (χ1v) is 10.1. The van der Waals surface area contributed by atoms with E-state index in [9.17, 15) is 4.79 Å². The lowest BCUT2D eigenvalue weighted by Crippen LogP contribution is -2.44. The summed E-state index contributed by atoms with van der Waals surface area (Å²) in [4.78, 5) is 11.9. The van der Waals surface area contributed by atoms with Crippen molar-refractivity contribution >= 4 is 68.2 Å². The third-order valence-corrected chi connectivity index (χ3v) is 5.24. The molecule has 0 aromatic heterocycles. The molecule has 0 aliphatic heterocycles. The SMILES string of the molecule is Cc1ccccc1CSCC(=O)NNC(=S)Nc1ccc(Br)cc1Cl. The predicted molar refractivity (Wildman–Crippen MR) is 114 cm³/mol. The van der Waals surface area contributed by atoms with Gasteiger partial charge in [-0.3, -0.25) is 15.6 Å². The minimum Gasteiger partial charge on any atom is -0.330 e. The molecule has 132 valence electrons. The van der Waals surface area contributed by atoms with E-state index in [-0.39, 0.29) is 11.0 Å². The van der Waals surface area contributed by atoms with Crippen molar-refractivity contribution in [1.29, 1.82) is 0 Å². The molecular weight excluding hydrogens is 442 g/mol. The van der Waals surface area contributed by atoms with Crippen molar-refractivity contribution in [3.05, 3.63) is 63.1 Å². The predicted octanol–water partition coefficient (Wildman–Crippen LogP) is 4.66. The molecule has 0 heterocycles. The maximum Gasteiger partial charge on any atom is 0.248 e. The molecule has 4 nitrogen and oxygen atoms in total. The lowest BCUT2D eigenvalue weighted by atomic mass is 10.1. The molecule has 0 fully saturated rings. The topological polar surface area (TPSA) is 53.2 Å².